The second-order valence-corrected chi connectivity index (χ2v) is 4.74. The second-order valence-electron chi connectivity index (χ2n) is 3.94. The molecule has 0 aliphatic carbocycles. The van der Waals surface area contributed by atoms with Gasteiger partial charge in [0.05, 0.1) is 41.9 Å². The zero-order valence-corrected chi connectivity index (χ0v) is 12.3. The smallest absolute Gasteiger partial charge is 0.359 e. The van der Waals surface area contributed by atoms with E-state index in [9.17, 15) is 4.79 Å². The lowest BCUT2D eigenvalue weighted by atomic mass is 10.1. The molecule has 0 N–H and O–H groups in total. The van der Waals surface area contributed by atoms with Crippen LogP contribution in [0.4, 0.5) is 0 Å². The van der Waals surface area contributed by atoms with Crippen LogP contribution in [0, 0.1) is 35.5 Å². The molecule has 0 amide bonds. The molecule has 19 heavy (non-hydrogen) atoms. The number of carbonyl (C=O) groups is 1. The molecule has 1 heterocycles. The van der Waals surface area contributed by atoms with Crippen LogP contribution in [0.15, 0.2) is 4.47 Å². The average Bonchev–Trinajstić information content (AvgIpc) is 2.70. The van der Waals surface area contributed by atoms with Gasteiger partial charge in [0, 0.05) is 6.42 Å². The molecule has 0 fully saturated rings. The van der Waals surface area contributed by atoms with Crippen LogP contribution in [-0.2, 0) is 11.3 Å². The first kappa shape index (κ1) is 15.2. The van der Waals surface area contributed by atoms with Crippen molar-refractivity contribution in [2.24, 2.45) is 5.92 Å². The van der Waals surface area contributed by atoms with E-state index in [4.69, 9.17) is 10.5 Å². The predicted octanol–water partition coefficient (Wildman–Crippen LogP) is 2.18. The highest BCUT2D eigenvalue weighted by molar-refractivity contribution is 9.10. The van der Waals surface area contributed by atoms with Crippen molar-refractivity contribution in [3.8, 4) is 12.1 Å². The van der Waals surface area contributed by atoms with Crippen LogP contribution >= 0.6 is 15.9 Å². The molecule has 1 unspecified atom stereocenters. The van der Waals surface area contributed by atoms with Gasteiger partial charge in [-0.25, -0.2) is 4.79 Å². The third-order valence-electron chi connectivity index (χ3n) is 2.69. The number of nitriles is 2. The summed E-state index contributed by atoms with van der Waals surface area (Å²) in [7, 11) is 1.29. The fourth-order valence-corrected chi connectivity index (χ4v) is 2.02. The van der Waals surface area contributed by atoms with Crippen LogP contribution in [0.1, 0.15) is 29.0 Å². The molecule has 0 spiro atoms. The standard InChI is InChI=1S/C12H13BrN4O2/c1-8-10(13)11(12(18)19-2)16-17(8)7-9(6-15)4-3-5-14/h9H,3-4,7H2,1-2H3. The summed E-state index contributed by atoms with van der Waals surface area (Å²) in [5.74, 6) is -0.838. The molecular formula is C12H13BrN4O2. The average molecular weight is 325 g/mol. The first-order chi connectivity index (χ1) is 9.04. The molecule has 1 rings (SSSR count). The molecule has 6 nitrogen and oxygen atoms in total. The molecule has 1 atom stereocenters. The molecule has 7 heteroatoms. The van der Waals surface area contributed by atoms with Crippen molar-refractivity contribution in [1.82, 2.24) is 9.78 Å². The maximum absolute atomic E-state index is 11.5. The maximum atomic E-state index is 11.5. The second kappa shape index (κ2) is 6.91. The Morgan fingerprint density at radius 3 is 2.79 bits per heavy atom. The molecule has 1 aromatic rings. The summed E-state index contributed by atoms with van der Waals surface area (Å²) >= 11 is 3.29. The van der Waals surface area contributed by atoms with Crippen molar-refractivity contribution in [3.63, 3.8) is 0 Å². The van der Waals surface area contributed by atoms with Gasteiger partial charge in [-0.05, 0) is 29.3 Å². The number of hydrogen-bond acceptors (Lipinski definition) is 5. The van der Waals surface area contributed by atoms with Gasteiger partial charge in [0.2, 0.25) is 0 Å². The monoisotopic (exact) mass is 324 g/mol. The molecule has 100 valence electrons. The topological polar surface area (TPSA) is 91.7 Å². The SMILES string of the molecule is COC(=O)c1nn(CC(C#N)CCC#N)c(C)c1Br. The van der Waals surface area contributed by atoms with E-state index < -0.39 is 5.97 Å². The van der Waals surface area contributed by atoms with Crippen molar-refractivity contribution in [2.75, 3.05) is 7.11 Å². The number of hydrogen-bond donors (Lipinski definition) is 0. The van der Waals surface area contributed by atoms with Gasteiger partial charge in [0.1, 0.15) is 0 Å². The van der Waals surface area contributed by atoms with E-state index >= 15 is 0 Å². The molecule has 1 aromatic heterocycles. The minimum atomic E-state index is -0.528. The highest BCUT2D eigenvalue weighted by Crippen LogP contribution is 2.22. The predicted molar refractivity (Wildman–Crippen MR) is 70.0 cm³/mol. The Balaban J connectivity index is 2.93. The van der Waals surface area contributed by atoms with E-state index in [1.807, 2.05) is 6.07 Å². The fourth-order valence-electron chi connectivity index (χ4n) is 1.57. The van der Waals surface area contributed by atoms with Gasteiger partial charge in [0.25, 0.3) is 0 Å². The number of aromatic nitrogens is 2. The third kappa shape index (κ3) is 3.55. The van der Waals surface area contributed by atoms with E-state index in [0.29, 0.717) is 23.9 Å². The van der Waals surface area contributed by atoms with Gasteiger partial charge in [0.15, 0.2) is 5.69 Å². The molecule has 0 saturated carbocycles. The van der Waals surface area contributed by atoms with Crippen LogP contribution in [0.5, 0.6) is 0 Å². The normalized spacial score (nSPS) is 11.4. The molecule has 0 aliphatic rings. The number of carbonyl (C=O) groups excluding carboxylic acids is 1. The minimum absolute atomic E-state index is 0.192. The van der Waals surface area contributed by atoms with Crippen molar-refractivity contribution >= 4 is 21.9 Å². The van der Waals surface area contributed by atoms with Gasteiger partial charge in [-0.3, -0.25) is 4.68 Å². The number of rotatable bonds is 5. The van der Waals surface area contributed by atoms with Gasteiger partial charge < -0.3 is 4.74 Å². The highest BCUT2D eigenvalue weighted by atomic mass is 79.9. The molecule has 0 saturated heterocycles. The summed E-state index contributed by atoms with van der Waals surface area (Å²) in [6, 6.07) is 4.15. The van der Waals surface area contributed by atoms with E-state index in [-0.39, 0.29) is 11.6 Å². The van der Waals surface area contributed by atoms with Crippen LogP contribution in [-0.4, -0.2) is 22.9 Å². The number of nitrogens with zero attached hydrogens (tertiary/aromatic N) is 4. The fraction of sp³-hybridized carbons (Fsp3) is 0.500. The number of ether oxygens (including phenoxy) is 1. The molecule has 0 aliphatic heterocycles. The summed E-state index contributed by atoms with van der Waals surface area (Å²) in [6.45, 7) is 2.14. The Labute approximate surface area is 119 Å². The van der Waals surface area contributed by atoms with Crippen molar-refractivity contribution in [2.45, 2.75) is 26.3 Å². The number of halogens is 1. The van der Waals surface area contributed by atoms with Crippen LogP contribution in [0.3, 0.4) is 0 Å². The first-order valence-corrected chi connectivity index (χ1v) is 6.42. The molecule has 0 aromatic carbocycles. The lowest BCUT2D eigenvalue weighted by molar-refractivity contribution is 0.0592. The van der Waals surface area contributed by atoms with Gasteiger partial charge in [-0.1, -0.05) is 0 Å². The van der Waals surface area contributed by atoms with E-state index in [2.05, 4.69) is 31.8 Å². The summed E-state index contributed by atoms with van der Waals surface area (Å²) in [5, 5.41) is 21.7. The zero-order chi connectivity index (χ0) is 14.4. The van der Waals surface area contributed by atoms with Crippen molar-refractivity contribution < 1.29 is 9.53 Å². The first-order valence-electron chi connectivity index (χ1n) is 5.62. The Morgan fingerprint density at radius 2 is 2.26 bits per heavy atom. The summed E-state index contributed by atoms with van der Waals surface area (Å²) < 4.78 is 6.78. The van der Waals surface area contributed by atoms with Crippen molar-refractivity contribution in [1.29, 1.82) is 10.5 Å². The summed E-state index contributed by atoms with van der Waals surface area (Å²) in [5.41, 5.74) is 0.939. The quantitative estimate of drug-likeness (QED) is 0.774. The Bertz CT molecular complexity index is 553. The molecule has 0 radical (unpaired) electrons. The number of methoxy groups -OCH3 is 1. The summed E-state index contributed by atoms with van der Waals surface area (Å²) in [4.78, 5) is 11.5. The lowest BCUT2D eigenvalue weighted by Crippen LogP contribution is -2.12. The summed E-state index contributed by atoms with van der Waals surface area (Å²) in [6.07, 6.45) is 0.807. The van der Waals surface area contributed by atoms with Gasteiger partial charge in [-0.2, -0.15) is 15.6 Å². The maximum Gasteiger partial charge on any atom is 0.359 e. The Kier molecular flexibility index (Phi) is 5.53. The van der Waals surface area contributed by atoms with Crippen LogP contribution in [0.25, 0.3) is 0 Å². The molecule has 0 bridgehead atoms. The third-order valence-corrected chi connectivity index (χ3v) is 3.64. The minimum Gasteiger partial charge on any atom is -0.464 e. The molecular weight excluding hydrogens is 312 g/mol. The van der Waals surface area contributed by atoms with Crippen LogP contribution in [0.2, 0.25) is 0 Å². The number of esters is 1. The zero-order valence-electron chi connectivity index (χ0n) is 10.7. The van der Waals surface area contributed by atoms with E-state index in [1.165, 1.54) is 7.11 Å². The highest BCUT2D eigenvalue weighted by Gasteiger charge is 2.21. The van der Waals surface area contributed by atoms with Gasteiger partial charge in [-0.15, -0.1) is 0 Å². The van der Waals surface area contributed by atoms with E-state index in [1.54, 1.807) is 11.6 Å². The van der Waals surface area contributed by atoms with E-state index in [0.717, 1.165) is 5.69 Å². The Hall–Kier alpha value is -1.86. The Morgan fingerprint density at radius 1 is 1.58 bits per heavy atom. The van der Waals surface area contributed by atoms with Gasteiger partial charge >= 0.3 is 5.97 Å². The largest absolute Gasteiger partial charge is 0.464 e. The van der Waals surface area contributed by atoms with Crippen molar-refractivity contribution in [3.05, 3.63) is 15.9 Å². The van der Waals surface area contributed by atoms with Crippen LogP contribution < -0.4 is 0 Å². The lowest BCUT2D eigenvalue weighted by Gasteiger charge is -2.08.